The number of nitrogens with zero attached hydrogens (tertiary/aromatic N) is 4. The summed E-state index contributed by atoms with van der Waals surface area (Å²) >= 11 is 0. The largest absolute Gasteiger partial charge is 0.390 e. The van der Waals surface area contributed by atoms with E-state index in [1.54, 1.807) is 0 Å². The van der Waals surface area contributed by atoms with Gasteiger partial charge >= 0.3 is 0 Å². The quantitative estimate of drug-likeness (QED) is 0.828. The van der Waals surface area contributed by atoms with E-state index in [2.05, 4.69) is 22.1 Å². The highest BCUT2D eigenvalue weighted by Gasteiger charge is 2.19. The van der Waals surface area contributed by atoms with E-state index in [4.69, 9.17) is 5.11 Å². The van der Waals surface area contributed by atoms with Gasteiger partial charge in [0, 0.05) is 13.1 Å². The summed E-state index contributed by atoms with van der Waals surface area (Å²) in [6.07, 6.45) is 5.63. The topological polar surface area (TPSA) is 54.2 Å². The van der Waals surface area contributed by atoms with Crippen molar-refractivity contribution in [3.05, 3.63) is 11.9 Å². The van der Waals surface area contributed by atoms with E-state index in [-0.39, 0.29) is 6.61 Å². The average Bonchev–Trinajstić information content (AvgIpc) is 2.78. The van der Waals surface area contributed by atoms with Crippen LogP contribution in [0, 0.1) is 5.92 Å². The molecule has 0 amide bonds. The molecule has 2 rings (SSSR count). The van der Waals surface area contributed by atoms with Gasteiger partial charge in [0.1, 0.15) is 5.69 Å². The minimum Gasteiger partial charge on any atom is -0.390 e. The Balaban J connectivity index is 1.85. The molecule has 0 spiro atoms. The third-order valence-corrected chi connectivity index (χ3v) is 3.34. The molecular formula is C12H22N4O. The van der Waals surface area contributed by atoms with Crippen LogP contribution in [0.15, 0.2) is 6.20 Å². The van der Waals surface area contributed by atoms with Crippen molar-refractivity contribution in [2.24, 2.45) is 5.92 Å². The maximum Gasteiger partial charge on any atom is 0.108 e. The monoisotopic (exact) mass is 238 g/mol. The first kappa shape index (κ1) is 12.5. The highest BCUT2D eigenvalue weighted by molar-refractivity contribution is 4.89. The molecule has 1 N–H and O–H groups in total. The van der Waals surface area contributed by atoms with E-state index < -0.39 is 0 Å². The molecule has 2 heterocycles. The van der Waals surface area contributed by atoms with Crippen LogP contribution in [-0.4, -0.2) is 44.6 Å². The minimum atomic E-state index is -0.0212. The van der Waals surface area contributed by atoms with Crippen LogP contribution >= 0.6 is 0 Å². The molecule has 1 aromatic heterocycles. The van der Waals surface area contributed by atoms with Crippen molar-refractivity contribution in [1.82, 2.24) is 19.9 Å². The summed E-state index contributed by atoms with van der Waals surface area (Å²) in [5, 5.41) is 16.9. The van der Waals surface area contributed by atoms with Gasteiger partial charge in [-0.15, -0.1) is 5.10 Å². The van der Waals surface area contributed by atoms with Crippen LogP contribution in [0.1, 0.15) is 31.9 Å². The van der Waals surface area contributed by atoms with Crippen molar-refractivity contribution in [2.45, 2.75) is 39.3 Å². The van der Waals surface area contributed by atoms with Crippen molar-refractivity contribution < 1.29 is 5.11 Å². The lowest BCUT2D eigenvalue weighted by Gasteiger charge is -2.32. The number of aliphatic hydroxyl groups is 1. The second kappa shape index (κ2) is 6.12. The predicted octanol–water partition coefficient (Wildman–Crippen LogP) is 0.892. The molecule has 17 heavy (non-hydrogen) atoms. The van der Waals surface area contributed by atoms with Crippen LogP contribution in [0.4, 0.5) is 0 Å². The van der Waals surface area contributed by atoms with E-state index in [0.717, 1.165) is 6.54 Å². The molecule has 1 fully saturated rings. The smallest absolute Gasteiger partial charge is 0.108 e. The fourth-order valence-corrected chi connectivity index (χ4v) is 2.58. The van der Waals surface area contributed by atoms with Gasteiger partial charge in [0.15, 0.2) is 0 Å². The summed E-state index contributed by atoms with van der Waals surface area (Å²) in [5.41, 5.74) is 0.659. The molecule has 1 aliphatic heterocycles. The van der Waals surface area contributed by atoms with Crippen LogP contribution in [0.3, 0.4) is 0 Å². The van der Waals surface area contributed by atoms with Crippen LogP contribution in [0.2, 0.25) is 0 Å². The van der Waals surface area contributed by atoms with E-state index in [1.807, 2.05) is 10.9 Å². The second-order valence-corrected chi connectivity index (χ2v) is 4.90. The molecule has 0 aromatic carbocycles. The second-order valence-electron chi connectivity index (χ2n) is 4.90. The average molecular weight is 238 g/mol. The van der Waals surface area contributed by atoms with Gasteiger partial charge in [0.25, 0.3) is 0 Å². The van der Waals surface area contributed by atoms with Crippen LogP contribution in [-0.2, 0) is 13.2 Å². The summed E-state index contributed by atoms with van der Waals surface area (Å²) < 4.78 is 1.87. The summed E-state index contributed by atoms with van der Waals surface area (Å²) in [4.78, 5) is 2.54. The molecule has 5 heteroatoms. The standard InChI is InChI=1S/C12H22N4O/c1-2-5-15-6-3-4-11(7-15)8-16-9-12(10-17)13-14-16/h9,11,17H,2-8,10H2,1H3. The Hall–Kier alpha value is -0.940. The Morgan fingerprint density at radius 1 is 1.53 bits per heavy atom. The molecule has 1 atom stereocenters. The van der Waals surface area contributed by atoms with E-state index in [1.165, 1.54) is 38.9 Å². The van der Waals surface area contributed by atoms with Gasteiger partial charge < -0.3 is 10.0 Å². The predicted molar refractivity (Wildman–Crippen MR) is 65.4 cm³/mol. The molecule has 0 radical (unpaired) electrons. The summed E-state index contributed by atoms with van der Waals surface area (Å²) in [6.45, 7) is 6.75. The summed E-state index contributed by atoms with van der Waals surface area (Å²) in [7, 11) is 0. The van der Waals surface area contributed by atoms with E-state index in [9.17, 15) is 0 Å². The first-order valence-electron chi connectivity index (χ1n) is 6.54. The van der Waals surface area contributed by atoms with Gasteiger partial charge in [0.2, 0.25) is 0 Å². The molecule has 1 unspecified atom stereocenters. The number of rotatable bonds is 5. The molecule has 0 aliphatic carbocycles. The number of hydrogen-bond acceptors (Lipinski definition) is 4. The van der Waals surface area contributed by atoms with Gasteiger partial charge in [-0.05, 0) is 38.3 Å². The van der Waals surface area contributed by atoms with Crippen molar-refractivity contribution in [3.8, 4) is 0 Å². The zero-order valence-corrected chi connectivity index (χ0v) is 10.5. The Morgan fingerprint density at radius 3 is 3.12 bits per heavy atom. The zero-order valence-electron chi connectivity index (χ0n) is 10.5. The summed E-state index contributed by atoms with van der Waals surface area (Å²) in [6, 6.07) is 0. The van der Waals surface area contributed by atoms with Gasteiger partial charge in [-0.2, -0.15) is 0 Å². The molecule has 96 valence electrons. The molecular weight excluding hydrogens is 216 g/mol. The number of aliphatic hydroxyl groups excluding tert-OH is 1. The lowest BCUT2D eigenvalue weighted by atomic mass is 9.98. The number of hydrogen-bond donors (Lipinski definition) is 1. The fourth-order valence-electron chi connectivity index (χ4n) is 2.58. The van der Waals surface area contributed by atoms with E-state index in [0.29, 0.717) is 11.6 Å². The Morgan fingerprint density at radius 2 is 2.41 bits per heavy atom. The van der Waals surface area contributed by atoms with Gasteiger partial charge in [-0.25, -0.2) is 0 Å². The SMILES string of the molecule is CCCN1CCCC(Cn2cc(CO)nn2)C1. The van der Waals surface area contributed by atoms with E-state index >= 15 is 0 Å². The molecule has 1 saturated heterocycles. The lowest BCUT2D eigenvalue weighted by molar-refractivity contribution is 0.159. The Bertz CT molecular complexity index is 337. The maximum atomic E-state index is 8.94. The minimum absolute atomic E-state index is 0.0212. The Kier molecular flexibility index (Phi) is 4.50. The third-order valence-electron chi connectivity index (χ3n) is 3.34. The molecule has 0 bridgehead atoms. The normalized spacial score (nSPS) is 21.9. The number of piperidine rings is 1. The molecule has 0 saturated carbocycles. The molecule has 1 aliphatic rings. The zero-order chi connectivity index (χ0) is 12.1. The number of likely N-dealkylation sites (tertiary alicyclic amines) is 1. The van der Waals surface area contributed by atoms with Gasteiger partial charge in [0.05, 0.1) is 12.8 Å². The number of aromatic nitrogens is 3. The third kappa shape index (κ3) is 3.51. The van der Waals surface area contributed by atoms with Crippen LogP contribution in [0.5, 0.6) is 0 Å². The highest BCUT2D eigenvalue weighted by Crippen LogP contribution is 2.18. The van der Waals surface area contributed by atoms with Crippen molar-refractivity contribution >= 4 is 0 Å². The highest BCUT2D eigenvalue weighted by atomic mass is 16.3. The van der Waals surface area contributed by atoms with Gasteiger partial charge in [-0.3, -0.25) is 4.68 Å². The maximum absolute atomic E-state index is 8.94. The Labute approximate surface area is 102 Å². The van der Waals surface area contributed by atoms with Crippen molar-refractivity contribution in [3.63, 3.8) is 0 Å². The fraction of sp³-hybridized carbons (Fsp3) is 0.833. The lowest BCUT2D eigenvalue weighted by Crippen LogP contribution is -2.37. The summed E-state index contributed by atoms with van der Waals surface area (Å²) in [5.74, 6) is 0.670. The van der Waals surface area contributed by atoms with Crippen molar-refractivity contribution in [2.75, 3.05) is 19.6 Å². The van der Waals surface area contributed by atoms with Crippen molar-refractivity contribution in [1.29, 1.82) is 0 Å². The molecule has 1 aromatic rings. The first-order valence-corrected chi connectivity index (χ1v) is 6.54. The van der Waals surface area contributed by atoms with Crippen LogP contribution < -0.4 is 0 Å². The van der Waals surface area contributed by atoms with Gasteiger partial charge in [-0.1, -0.05) is 12.1 Å². The molecule has 5 nitrogen and oxygen atoms in total. The van der Waals surface area contributed by atoms with Crippen LogP contribution in [0.25, 0.3) is 0 Å². The first-order chi connectivity index (χ1) is 8.31.